The average Bonchev–Trinajstić information content (AvgIpc) is 2.26. The van der Waals surface area contributed by atoms with E-state index in [0.717, 1.165) is 0 Å². The molecule has 0 aromatic heterocycles. The minimum absolute atomic E-state index is 0.342. The van der Waals surface area contributed by atoms with Gasteiger partial charge in [0.15, 0.2) is 11.9 Å². The van der Waals surface area contributed by atoms with Crippen LogP contribution in [0.25, 0.3) is 0 Å². The van der Waals surface area contributed by atoms with Crippen molar-refractivity contribution in [2.45, 2.75) is 31.9 Å². The van der Waals surface area contributed by atoms with Crippen molar-refractivity contribution in [3.8, 4) is 0 Å². The normalized spacial score (nSPS) is 27.6. The first kappa shape index (κ1) is 10.5. The summed E-state index contributed by atoms with van der Waals surface area (Å²) in [5, 5.41) is 0. The highest BCUT2D eigenvalue weighted by atomic mass is 19.4. The molecule has 0 saturated carbocycles. The molecule has 0 radical (unpaired) electrons. The van der Waals surface area contributed by atoms with E-state index in [1.807, 2.05) is 0 Å². The van der Waals surface area contributed by atoms with Gasteiger partial charge in [0.2, 0.25) is 0 Å². The lowest BCUT2D eigenvalue weighted by Crippen LogP contribution is -2.37. The van der Waals surface area contributed by atoms with Gasteiger partial charge in [0.25, 0.3) is 5.78 Å². The molecule has 1 saturated heterocycles. The standard InChI is InChI=1S/C7H9F3O3/c1-6(2)12-3-4(13-6)5(11)7(8,9)10/h4H,3H2,1-2H3. The molecule has 13 heavy (non-hydrogen) atoms. The molecule has 1 aliphatic heterocycles. The molecular weight excluding hydrogens is 189 g/mol. The van der Waals surface area contributed by atoms with Crippen LogP contribution < -0.4 is 0 Å². The number of halogens is 3. The zero-order chi connectivity index (χ0) is 10.3. The van der Waals surface area contributed by atoms with Gasteiger partial charge in [-0.25, -0.2) is 0 Å². The number of ether oxygens (including phenoxy) is 2. The second kappa shape index (κ2) is 2.95. The Labute approximate surface area is 72.8 Å². The molecule has 6 heteroatoms. The van der Waals surface area contributed by atoms with E-state index in [1.165, 1.54) is 13.8 Å². The Morgan fingerprint density at radius 2 is 2.00 bits per heavy atom. The number of rotatable bonds is 1. The van der Waals surface area contributed by atoms with E-state index in [9.17, 15) is 18.0 Å². The van der Waals surface area contributed by atoms with E-state index in [2.05, 4.69) is 0 Å². The molecule has 0 bridgehead atoms. The van der Waals surface area contributed by atoms with Crippen molar-refractivity contribution in [3.05, 3.63) is 0 Å². The van der Waals surface area contributed by atoms with Gasteiger partial charge in [-0.1, -0.05) is 0 Å². The van der Waals surface area contributed by atoms with Crippen LogP contribution in [0.5, 0.6) is 0 Å². The molecule has 76 valence electrons. The number of ketones is 1. The van der Waals surface area contributed by atoms with Crippen LogP contribution in [0.4, 0.5) is 13.2 Å². The molecule has 1 atom stereocenters. The number of hydrogen-bond donors (Lipinski definition) is 0. The second-order valence-electron chi connectivity index (χ2n) is 3.18. The Balaban J connectivity index is 2.62. The summed E-state index contributed by atoms with van der Waals surface area (Å²) in [5.74, 6) is -3.00. The summed E-state index contributed by atoms with van der Waals surface area (Å²) in [7, 11) is 0. The lowest BCUT2D eigenvalue weighted by atomic mass is 10.2. The molecule has 1 heterocycles. The van der Waals surface area contributed by atoms with Crippen LogP contribution in [-0.2, 0) is 14.3 Å². The van der Waals surface area contributed by atoms with Gasteiger partial charge in [0.05, 0.1) is 6.61 Å². The highest BCUT2D eigenvalue weighted by molar-refractivity contribution is 5.88. The largest absolute Gasteiger partial charge is 0.452 e. The maximum Gasteiger partial charge on any atom is 0.452 e. The van der Waals surface area contributed by atoms with E-state index in [4.69, 9.17) is 9.47 Å². The maximum atomic E-state index is 11.9. The molecule has 3 nitrogen and oxygen atoms in total. The molecule has 0 aromatic rings. The van der Waals surface area contributed by atoms with Crippen LogP contribution >= 0.6 is 0 Å². The topological polar surface area (TPSA) is 35.5 Å². The molecule has 0 amide bonds. The fourth-order valence-corrected chi connectivity index (χ4v) is 0.999. The summed E-state index contributed by atoms with van der Waals surface area (Å²) < 4.78 is 45.2. The van der Waals surface area contributed by atoms with Crippen LogP contribution in [0.15, 0.2) is 0 Å². The maximum absolute atomic E-state index is 11.9. The molecule has 1 rings (SSSR count). The van der Waals surface area contributed by atoms with Crippen molar-refractivity contribution in [2.24, 2.45) is 0 Å². The van der Waals surface area contributed by atoms with Crippen LogP contribution in [0.2, 0.25) is 0 Å². The summed E-state index contributed by atoms with van der Waals surface area (Å²) in [5.41, 5.74) is 0. The Bertz CT molecular complexity index is 222. The minimum Gasteiger partial charge on any atom is -0.347 e. The third kappa shape index (κ3) is 2.41. The Hall–Kier alpha value is -0.620. The first-order valence-electron chi connectivity index (χ1n) is 3.65. The number of alkyl halides is 3. The Morgan fingerprint density at radius 3 is 2.31 bits per heavy atom. The van der Waals surface area contributed by atoms with Crippen molar-refractivity contribution in [1.82, 2.24) is 0 Å². The highest BCUT2D eigenvalue weighted by Gasteiger charge is 2.49. The van der Waals surface area contributed by atoms with Crippen molar-refractivity contribution in [1.29, 1.82) is 0 Å². The molecule has 0 aromatic carbocycles. The lowest BCUT2D eigenvalue weighted by molar-refractivity contribution is -0.188. The van der Waals surface area contributed by atoms with Crippen molar-refractivity contribution in [3.63, 3.8) is 0 Å². The van der Waals surface area contributed by atoms with Gasteiger partial charge in [-0.05, 0) is 13.8 Å². The quantitative estimate of drug-likeness (QED) is 0.636. The van der Waals surface area contributed by atoms with Crippen LogP contribution in [0, 0.1) is 0 Å². The average molecular weight is 198 g/mol. The molecule has 1 fully saturated rings. The highest BCUT2D eigenvalue weighted by Crippen LogP contribution is 2.28. The van der Waals surface area contributed by atoms with Crippen molar-refractivity contribution < 1.29 is 27.4 Å². The summed E-state index contributed by atoms with van der Waals surface area (Å²) in [4.78, 5) is 10.6. The summed E-state index contributed by atoms with van der Waals surface area (Å²) in [6, 6.07) is 0. The van der Waals surface area contributed by atoms with Gasteiger partial charge in [0, 0.05) is 0 Å². The van der Waals surface area contributed by atoms with E-state index in [1.54, 1.807) is 0 Å². The van der Waals surface area contributed by atoms with Gasteiger partial charge < -0.3 is 9.47 Å². The summed E-state index contributed by atoms with van der Waals surface area (Å²) >= 11 is 0. The number of hydrogen-bond acceptors (Lipinski definition) is 3. The predicted molar refractivity (Wildman–Crippen MR) is 36.0 cm³/mol. The number of carbonyl (C=O) groups is 1. The predicted octanol–water partition coefficient (Wildman–Crippen LogP) is 1.27. The zero-order valence-corrected chi connectivity index (χ0v) is 7.14. The Kier molecular flexibility index (Phi) is 2.38. The summed E-state index contributed by atoms with van der Waals surface area (Å²) in [6.45, 7) is 2.57. The van der Waals surface area contributed by atoms with Crippen LogP contribution in [0.3, 0.4) is 0 Å². The van der Waals surface area contributed by atoms with Crippen LogP contribution in [-0.4, -0.2) is 30.5 Å². The monoisotopic (exact) mass is 198 g/mol. The molecular formula is C7H9F3O3. The third-order valence-corrected chi connectivity index (χ3v) is 1.58. The zero-order valence-electron chi connectivity index (χ0n) is 7.14. The molecule has 1 aliphatic rings. The summed E-state index contributed by atoms with van der Waals surface area (Å²) in [6.07, 6.45) is -6.37. The molecule has 1 unspecified atom stereocenters. The van der Waals surface area contributed by atoms with Crippen molar-refractivity contribution in [2.75, 3.05) is 6.61 Å². The minimum atomic E-state index is -4.85. The van der Waals surface area contributed by atoms with Crippen LogP contribution in [0.1, 0.15) is 13.8 Å². The van der Waals surface area contributed by atoms with E-state index < -0.39 is 23.9 Å². The first-order valence-corrected chi connectivity index (χ1v) is 3.65. The fourth-order valence-electron chi connectivity index (χ4n) is 0.999. The lowest BCUT2D eigenvalue weighted by Gasteiger charge is -2.16. The van der Waals surface area contributed by atoms with Gasteiger partial charge in [-0.15, -0.1) is 0 Å². The second-order valence-corrected chi connectivity index (χ2v) is 3.18. The van der Waals surface area contributed by atoms with E-state index in [-0.39, 0.29) is 6.61 Å². The smallest absolute Gasteiger partial charge is 0.347 e. The van der Waals surface area contributed by atoms with Crippen molar-refractivity contribution >= 4 is 5.78 Å². The number of Topliss-reactive ketones (excluding diaryl/α,β-unsaturated/α-hetero) is 1. The first-order chi connectivity index (χ1) is 5.72. The van der Waals surface area contributed by atoms with Gasteiger partial charge in [0.1, 0.15) is 0 Å². The molecule has 0 N–H and O–H groups in total. The molecule has 0 spiro atoms. The van der Waals surface area contributed by atoms with E-state index >= 15 is 0 Å². The Morgan fingerprint density at radius 1 is 1.46 bits per heavy atom. The van der Waals surface area contributed by atoms with Gasteiger partial charge in [-0.2, -0.15) is 13.2 Å². The van der Waals surface area contributed by atoms with E-state index in [0.29, 0.717) is 0 Å². The third-order valence-electron chi connectivity index (χ3n) is 1.58. The SMILES string of the molecule is CC1(C)OCC(C(=O)C(F)(F)F)O1. The fraction of sp³-hybridized carbons (Fsp3) is 0.857. The van der Waals surface area contributed by atoms with Gasteiger partial charge >= 0.3 is 6.18 Å². The molecule has 0 aliphatic carbocycles. The van der Waals surface area contributed by atoms with Gasteiger partial charge in [-0.3, -0.25) is 4.79 Å². The number of carbonyl (C=O) groups excluding carboxylic acids is 1.